The average molecular weight is 394 g/mol. The SMILES string of the molecule is CC(=O)N1c2ccc(-c3cnn(C4COC4)c3)cc2N(C(=O)C2(C)CC2)CC1C. The lowest BCUT2D eigenvalue weighted by Gasteiger charge is -2.41. The van der Waals surface area contributed by atoms with Gasteiger partial charge >= 0.3 is 0 Å². The maximum Gasteiger partial charge on any atom is 0.233 e. The van der Waals surface area contributed by atoms with Gasteiger partial charge in [0.25, 0.3) is 0 Å². The molecule has 0 N–H and O–H groups in total. The minimum Gasteiger partial charge on any atom is -0.377 e. The molecule has 1 saturated carbocycles. The van der Waals surface area contributed by atoms with E-state index < -0.39 is 0 Å². The molecule has 2 amide bonds. The Bertz CT molecular complexity index is 990. The Morgan fingerprint density at radius 2 is 1.93 bits per heavy atom. The zero-order valence-electron chi connectivity index (χ0n) is 17.1. The highest BCUT2D eigenvalue weighted by atomic mass is 16.5. The number of carbonyl (C=O) groups excluding carboxylic acids is 2. The van der Waals surface area contributed by atoms with Crippen molar-refractivity contribution in [3.8, 4) is 11.1 Å². The molecular weight excluding hydrogens is 368 g/mol. The summed E-state index contributed by atoms with van der Waals surface area (Å²) in [6.45, 7) is 7.51. The zero-order chi connectivity index (χ0) is 20.3. The first kappa shape index (κ1) is 18.4. The van der Waals surface area contributed by atoms with Gasteiger partial charge in [0, 0.05) is 30.6 Å². The fraction of sp³-hybridized carbons (Fsp3) is 0.500. The van der Waals surface area contributed by atoms with Crippen molar-refractivity contribution in [2.45, 2.75) is 45.7 Å². The van der Waals surface area contributed by atoms with Crippen LogP contribution in [-0.2, 0) is 14.3 Å². The van der Waals surface area contributed by atoms with Gasteiger partial charge < -0.3 is 14.5 Å². The van der Waals surface area contributed by atoms with Gasteiger partial charge in [-0.2, -0.15) is 5.10 Å². The largest absolute Gasteiger partial charge is 0.377 e. The molecule has 0 spiro atoms. The summed E-state index contributed by atoms with van der Waals surface area (Å²) in [7, 11) is 0. The van der Waals surface area contributed by atoms with Gasteiger partial charge in [-0.1, -0.05) is 13.0 Å². The van der Waals surface area contributed by atoms with Crippen LogP contribution >= 0.6 is 0 Å². The van der Waals surface area contributed by atoms with E-state index in [9.17, 15) is 9.59 Å². The van der Waals surface area contributed by atoms with Crippen LogP contribution in [0.2, 0.25) is 0 Å². The van der Waals surface area contributed by atoms with Crippen molar-refractivity contribution in [3.63, 3.8) is 0 Å². The molecule has 1 atom stereocenters. The highest BCUT2D eigenvalue weighted by molar-refractivity contribution is 6.07. The third-order valence-electron chi connectivity index (χ3n) is 6.44. The smallest absolute Gasteiger partial charge is 0.233 e. The van der Waals surface area contributed by atoms with Gasteiger partial charge in [0.2, 0.25) is 11.8 Å². The molecule has 152 valence electrons. The molecule has 29 heavy (non-hydrogen) atoms. The van der Waals surface area contributed by atoms with Crippen LogP contribution in [0.1, 0.15) is 39.7 Å². The van der Waals surface area contributed by atoms with Gasteiger partial charge in [0.1, 0.15) is 0 Å². The minimum absolute atomic E-state index is 0.00552. The third kappa shape index (κ3) is 2.95. The number of ether oxygens (including phenoxy) is 1. The second-order valence-electron chi connectivity index (χ2n) is 8.82. The summed E-state index contributed by atoms with van der Waals surface area (Å²) in [5.41, 5.74) is 3.34. The Labute approximate surface area is 170 Å². The Kier molecular flexibility index (Phi) is 4.07. The van der Waals surface area contributed by atoms with E-state index in [-0.39, 0.29) is 23.3 Å². The van der Waals surface area contributed by atoms with E-state index in [1.165, 1.54) is 0 Å². The van der Waals surface area contributed by atoms with E-state index in [1.54, 1.807) is 11.8 Å². The topological polar surface area (TPSA) is 67.7 Å². The van der Waals surface area contributed by atoms with Crippen molar-refractivity contribution in [1.29, 1.82) is 0 Å². The molecule has 7 heteroatoms. The number of carbonyl (C=O) groups is 2. The Balaban J connectivity index is 1.56. The lowest BCUT2D eigenvalue weighted by molar-refractivity contribution is -0.123. The molecule has 3 aliphatic rings. The summed E-state index contributed by atoms with van der Waals surface area (Å²) < 4.78 is 7.20. The number of nitrogens with zero attached hydrogens (tertiary/aromatic N) is 4. The number of aromatic nitrogens is 2. The van der Waals surface area contributed by atoms with Crippen LogP contribution in [0.5, 0.6) is 0 Å². The lowest BCUT2D eigenvalue weighted by atomic mass is 10.00. The predicted octanol–water partition coefficient (Wildman–Crippen LogP) is 3.01. The number of amides is 2. The number of rotatable bonds is 3. The van der Waals surface area contributed by atoms with Crippen molar-refractivity contribution in [2.75, 3.05) is 29.6 Å². The van der Waals surface area contributed by atoms with Crippen molar-refractivity contribution >= 4 is 23.2 Å². The van der Waals surface area contributed by atoms with Crippen LogP contribution in [0.4, 0.5) is 11.4 Å². The number of hydrogen-bond donors (Lipinski definition) is 0. The first-order valence-electron chi connectivity index (χ1n) is 10.3. The monoisotopic (exact) mass is 394 g/mol. The molecule has 1 aromatic heterocycles. The molecule has 2 aromatic rings. The zero-order valence-corrected chi connectivity index (χ0v) is 17.1. The minimum atomic E-state index is -0.263. The summed E-state index contributed by atoms with van der Waals surface area (Å²) >= 11 is 0. The molecule has 7 nitrogen and oxygen atoms in total. The van der Waals surface area contributed by atoms with E-state index in [0.29, 0.717) is 25.8 Å². The summed E-state index contributed by atoms with van der Waals surface area (Å²) in [6, 6.07) is 6.23. The van der Waals surface area contributed by atoms with Gasteiger partial charge in [-0.15, -0.1) is 0 Å². The first-order chi connectivity index (χ1) is 13.9. The maximum absolute atomic E-state index is 13.2. The van der Waals surface area contributed by atoms with Crippen LogP contribution in [0.15, 0.2) is 30.6 Å². The Hall–Kier alpha value is -2.67. The van der Waals surface area contributed by atoms with E-state index in [1.807, 2.05) is 54.0 Å². The molecular formula is C22H26N4O3. The summed E-state index contributed by atoms with van der Waals surface area (Å²) in [5, 5.41) is 4.48. The molecule has 3 heterocycles. The highest BCUT2D eigenvalue weighted by Crippen LogP contribution is 2.49. The molecule has 0 radical (unpaired) electrons. The molecule has 0 bridgehead atoms. The predicted molar refractivity (Wildman–Crippen MR) is 110 cm³/mol. The van der Waals surface area contributed by atoms with Crippen LogP contribution in [0.25, 0.3) is 11.1 Å². The van der Waals surface area contributed by atoms with Gasteiger partial charge in [0.05, 0.1) is 42.9 Å². The fourth-order valence-electron chi connectivity index (χ4n) is 4.27. The van der Waals surface area contributed by atoms with Crippen LogP contribution in [0, 0.1) is 5.41 Å². The van der Waals surface area contributed by atoms with Gasteiger partial charge in [-0.05, 0) is 37.5 Å². The van der Waals surface area contributed by atoms with Crippen molar-refractivity contribution < 1.29 is 14.3 Å². The third-order valence-corrected chi connectivity index (χ3v) is 6.44. The van der Waals surface area contributed by atoms with Crippen molar-refractivity contribution in [1.82, 2.24) is 9.78 Å². The summed E-state index contributed by atoms with van der Waals surface area (Å²) in [4.78, 5) is 29.3. The second kappa shape index (κ2) is 6.42. The lowest BCUT2D eigenvalue weighted by Crippen LogP contribution is -2.52. The summed E-state index contributed by atoms with van der Waals surface area (Å²) in [6.07, 6.45) is 5.73. The van der Waals surface area contributed by atoms with Gasteiger partial charge in [-0.3, -0.25) is 14.3 Å². The molecule has 1 unspecified atom stereocenters. The molecule has 1 aliphatic carbocycles. The normalized spacial score (nSPS) is 22.8. The van der Waals surface area contributed by atoms with E-state index >= 15 is 0 Å². The Morgan fingerprint density at radius 3 is 2.55 bits per heavy atom. The quantitative estimate of drug-likeness (QED) is 0.803. The fourth-order valence-corrected chi connectivity index (χ4v) is 4.27. The van der Waals surface area contributed by atoms with Crippen molar-refractivity contribution in [2.24, 2.45) is 5.41 Å². The number of anilines is 2. The number of fused-ring (bicyclic) bond motifs is 1. The molecule has 2 aliphatic heterocycles. The highest BCUT2D eigenvalue weighted by Gasteiger charge is 2.49. The molecule has 5 rings (SSSR count). The average Bonchev–Trinajstić information content (AvgIpc) is 3.22. The molecule has 1 aromatic carbocycles. The number of hydrogen-bond acceptors (Lipinski definition) is 4. The van der Waals surface area contributed by atoms with Crippen molar-refractivity contribution in [3.05, 3.63) is 30.6 Å². The Morgan fingerprint density at radius 1 is 1.17 bits per heavy atom. The van der Waals surface area contributed by atoms with Gasteiger partial charge in [-0.25, -0.2) is 0 Å². The first-order valence-corrected chi connectivity index (χ1v) is 10.3. The second-order valence-corrected chi connectivity index (χ2v) is 8.82. The van der Waals surface area contributed by atoms with E-state index in [2.05, 4.69) is 5.10 Å². The van der Waals surface area contributed by atoms with E-state index in [4.69, 9.17) is 4.74 Å². The summed E-state index contributed by atoms with van der Waals surface area (Å²) in [5.74, 6) is 0.155. The number of benzene rings is 1. The van der Waals surface area contributed by atoms with E-state index in [0.717, 1.165) is 35.3 Å². The molecule has 1 saturated heterocycles. The molecule has 2 fully saturated rings. The van der Waals surface area contributed by atoms with Crippen LogP contribution in [-0.4, -0.2) is 47.4 Å². The standard InChI is InChI=1S/C22H26N4O3/c1-14-10-24(21(28)22(3)6-7-22)20-8-16(4-5-19(20)26(14)15(2)27)17-9-23-25(11-17)18-12-29-13-18/h4-5,8-9,11,14,18H,6-7,10,12-13H2,1-3H3. The maximum atomic E-state index is 13.2. The van der Waals surface area contributed by atoms with Gasteiger partial charge in [0.15, 0.2) is 0 Å². The van der Waals surface area contributed by atoms with Crippen LogP contribution in [0.3, 0.4) is 0 Å². The van der Waals surface area contributed by atoms with Crippen LogP contribution < -0.4 is 9.80 Å².